The third-order valence-corrected chi connectivity index (χ3v) is 3.11. The first-order valence-corrected chi connectivity index (χ1v) is 6.62. The van der Waals surface area contributed by atoms with Gasteiger partial charge in [0.2, 0.25) is 0 Å². The van der Waals surface area contributed by atoms with Crippen LogP contribution in [-0.2, 0) is 0 Å². The smallest absolute Gasteiger partial charge is 0.133 e. The molecule has 0 heterocycles. The third-order valence-electron chi connectivity index (χ3n) is 2.49. The standard InChI is InChI=1S/C13H21BrN2O/c1-10(15)11-5-6-13(12(14)9-11)17-8-4-7-16(2)3/h5-6,9-10H,4,7-8,15H2,1-3H3/t10-/m0/s1. The van der Waals surface area contributed by atoms with Gasteiger partial charge in [-0.2, -0.15) is 0 Å². The molecule has 0 spiro atoms. The van der Waals surface area contributed by atoms with Gasteiger partial charge in [0.1, 0.15) is 5.75 Å². The van der Waals surface area contributed by atoms with E-state index >= 15 is 0 Å². The number of ether oxygens (including phenoxy) is 1. The van der Waals surface area contributed by atoms with E-state index in [1.807, 2.05) is 25.1 Å². The van der Waals surface area contributed by atoms with Crippen molar-refractivity contribution in [1.82, 2.24) is 4.90 Å². The van der Waals surface area contributed by atoms with E-state index in [2.05, 4.69) is 34.9 Å². The minimum atomic E-state index is 0.0501. The molecule has 2 N–H and O–H groups in total. The molecule has 1 rings (SSSR count). The molecule has 0 unspecified atom stereocenters. The van der Waals surface area contributed by atoms with Crippen molar-refractivity contribution < 1.29 is 4.74 Å². The van der Waals surface area contributed by atoms with Crippen molar-refractivity contribution in [2.24, 2.45) is 5.73 Å². The Morgan fingerprint density at radius 1 is 1.41 bits per heavy atom. The quantitative estimate of drug-likeness (QED) is 0.821. The van der Waals surface area contributed by atoms with Crippen LogP contribution in [0.15, 0.2) is 22.7 Å². The van der Waals surface area contributed by atoms with E-state index in [1.54, 1.807) is 0 Å². The lowest BCUT2D eigenvalue weighted by Gasteiger charge is -2.13. The number of nitrogens with two attached hydrogens (primary N) is 1. The Morgan fingerprint density at radius 3 is 2.65 bits per heavy atom. The van der Waals surface area contributed by atoms with Gasteiger partial charge in [0.25, 0.3) is 0 Å². The van der Waals surface area contributed by atoms with Gasteiger partial charge in [0.05, 0.1) is 11.1 Å². The number of hydrogen-bond acceptors (Lipinski definition) is 3. The zero-order valence-corrected chi connectivity index (χ0v) is 12.3. The first-order valence-electron chi connectivity index (χ1n) is 5.83. The van der Waals surface area contributed by atoms with Gasteiger partial charge < -0.3 is 15.4 Å². The van der Waals surface area contributed by atoms with Crippen LogP contribution in [-0.4, -0.2) is 32.1 Å². The Kier molecular flexibility index (Phi) is 5.95. The van der Waals surface area contributed by atoms with Crippen LogP contribution >= 0.6 is 15.9 Å². The topological polar surface area (TPSA) is 38.5 Å². The number of rotatable bonds is 6. The maximum absolute atomic E-state index is 5.82. The second-order valence-electron chi connectivity index (χ2n) is 4.48. The minimum absolute atomic E-state index is 0.0501. The molecule has 0 bridgehead atoms. The summed E-state index contributed by atoms with van der Waals surface area (Å²) >= 11 is 3.51. The number of benzene rings is 1. The van der Waals surface area contributed by atoms with Crippen LogP contribution in [0.4, 0.5) is 0 Å². The molecule has 1 aromatic rings. The maximum atomic E-state index is 5.82. The van der Waals surface area contributed by atoms with Crippen LogP contribution in [0.3, 0.4) is 0 Å². The fourth-order valence-electron chi connectivity index (χ4n) is 1.48. The van der Waals surface area contributed by atoms with Gasteiger partial charge in [-0.05, 0) is 61.1 Å². The summed E-state index contributed by atoms with van der Waals surface area (Å²) in [6.45, 7) is 3.74. The summed E-state index contributed by atoms with van der Waals surface area (Å²) < 4.78 is 6.68. The van der Waals surface area contributed by atoms with Crippen molar-refractivity contribution in [3.63, 3.8) is 0 Å². The van der Waals surface area contributed by atoms with Crippen molar-refractivity contribution in [3.8, 4) is 5.75 Å². The molecule has 0 aromatic heterocycles. The largest absolute Gasteiger partial charge is 0.492 e. The van der Waals surface area contributed by atoms with E-state index in [-0.39, 0.29) is 6.04 Å². The zero-order valence-electron chi connectivity index (χ0n) is 10.7. The average Bonchev–Trinajstić information content (AvgIpc) is 2.25. The molecule has 96 valence electrons. The fraction of sp³-hybridized carbons (Fsp3) is 0.538. The summed E-state index contributed by atoms with van der Waals surface area (Å²) in [5.74, 6) is 0.883. The molecular formula is C13H21BrN2O. The highest BCUT2D eigenvalue weighted by atomic mass is 79.9. The summed E-state index contributed by atoms with van der Waals surface area (Å²) in [6, 6.07) is 6.05. The van der Waals surface area contributed by atoms with E-state index in [1.165, 1.54) is 0 Å². The first-order chi connectivity index (χ1) is 8.00. The Bertz CT molecular complexity index is 353. The van der Waals surface area contributed by atoms with Gasteiger partial charge in [-0.1, -0.05) is 6.07 Å². The van der Waals surface area contributed by atoms with Gasteiger partial charge in [-0.15, -0.1) is 0 Å². The average molecular weight is 301 g/mol. The highest BCUT2D eigenvalue weighted by Crippen LogP contribution is 2.27. The van der Waals surface area contributed by atoms with Crippen LogP contribution in [0.5, 0.6) is 5.75 Å². The lowest BCUT2D eigenvalue weighted by atomic mass is 10.1. The molecule has 1 aromatic carbocycles. The predicted molar refractivity (Wildman–Crippen MR) is 75.4 cm³/mol. The van der Waals surface area contributed by atoms with E-state index in [4.69, 9.17) is 10.5 Å². The molecule has 0 aliphatic rings. The van der Waals surface area contributed by atoms with Crippen LogP contribution in [0, 0.1) is 0 Å². The minimum Gasteiger partial charge on any atom is -0.492 e. The summed E-state index contributed by atoms with van der Waals surface area (Å²) in [5, 5.41) is 0. The van der Waals surface area contributed by atoms with Crippen molar-refractivity contribution in [3.05, 3.63) is 28.2 Å². The SMILES string of the molecule is C[C@H](N)c1ccc(OCCCN(C)C)c(Br)c1. The Labute approximate surface area is 112 Å². The van der Waals surface area contributed by atoms with Gasteiger partial charge in [-0.3, -0.25) is 0 Å². The monoisotopic (exact) mass is 300 g/mol. The van der Waals surface area contributed by atoms with E-state index in [9.17, 15) is 0 Å². The number of hydrogen-bond donors (Lipinski definition) is 1. The highest BCUT2D eigenvalue weighted by Gasteiger charge is 2.05. The molecular weight excluding hydrogens is 280 g/mol. The lowest BCUT2D eigenvalue weighted by Crippen LogP contribution is -2.15. The number of halogens is 1. The third kappa shape index (κ3) is 5.06. The highest BCUT2D eigenvalue weighted by molar-refractivity contribution is 9.10. The molecule has 0 aliphatic carbocycles. The molecule has 0 radical (unpaired) electrons. The summed E-state index contributed by atoms with van der Waals surface area (Å²) in [7, 11) is 4.13. The van der Waals surface area contributed by atoms with Crippen molar-refractivity contribution in [2.75, 3.05) is 27.2 Å². The van der Waals surface area contributed by atoms with E-state index in [0.29, 0.717) is 0 Å². The second-order valence-corrected chi connectivity index (χ2v) is 5.34. The zero-order chi connectivity index (χ0) is 12.8. The maximum Gasteiger partial charge on any atom is 0.133 e. The van der Waals surface area contributed by atoms with Crippen LogP contribution in [0.2, 0.25) is 0 Å². The molecule has 0 saturated carbocycles. The van der Waals surface area contributed by atoms with Crippen molar-refractivity contribution >= 4 is 15.9 Å². The second kappa shape index (κ2) is 6.99. The fourth-order valence-corrected chi connectivity index (χ4v) is 1.99. The predicted octanol–water partition coefficient (Wildman–Crippen LogP) is 2.80. The Morgan fingerprint density at radius 2 is 2.12 bits per heavy atom. The van der Waals surface area contributed by atoms with Crippen LogP contribution in [0.1, 0.15) is 24.9 Å². The summed E-state index contributed by atoms with van der Waals surface area (Å²) in [6.07, 6.45) is 1.02. The Hall–Kier alpha value is -0.580. The summed E-state index contributed by atoms with van der Waals surface area (Å²) in [5.41, 5.74) is 6.93. The summed E-state index contributed by atoms with van der Waals surface area (Å²) in [4.78, 5) is 2.15. The lowest BCUT2D eigenvalue weighted by molar-refractivity contribution is 0.280. The number of nitrogens with zero attached hydrogens (tertiary/aromatic N) is 1. The van der Waals surface area contributed by atoms with E-state index < -0.39 is 0 Å². The van der Waals surface area contributed by atoms with Gasteiger partial charge in [0.15, 0.2) is 0 Å². The Balaban J connectivity index is 2.49. The van der Waals surface area contributed by atoms with Gasteiger partial charge >= 0.3 is 0 Å². The normalized spacial score (nSPS) is 12.8. The van der Waals surface area contributed by atoms with Crippen molar-refractivity contribution in [1.29, 1.82) is 0 Å². The van der Waals surface area contributed by atoms with Gasteiger partial charge in [0, 0.05) is 12.6 Å². The van der Waals surface area contributed by atoms with E-state index in [0.717, 1.165) is 35.4 Å². The first kappa shape index (κ1) is 14.5. The van der Waals surface area contributed by atoms with Crippen molar-refractivity contribution in [2.45, 2.75) is 19.4 Å². The van der Waals surface area contributed by atoms with Crippen LogP contribution < -0.4 is 10.5 Å². The molecule has 3 nitrogen and oxygen atoms in total. The molecule has 0 fully saturated rings. The molecule has 1 atom stereocenters. The molecule has 0 saturated heterocycles. The molecule has 0 aliphatic heterocycles. The van der Waals surface area contributed by atoms with Crippen LogP contribution in [0.25, 0.3) is 0 Å². The molecule has 17 heavy (non-hydrogen) atoms. The molecule has 0 amide bonds. The molecule has 4 heteroatoms. The van der Waals surface area contributed by atoms with Gasteiger partial charge in [-0.25, -0.2) is 0 Å².